The number of aromatic nitrogens is 1. The molecule has 0 radical (unpaired) electrons. The van der Waals surface area contributed by atoms with Crippen LogP contribution in [0, 0.1) is 11.3 Å². The third kappa shape index (κ3) is 2.73. The minimum atomic E-state index is 0.173. The molecule has 2 rings (SSSR count). The Balaban J connectivity index is 2.40. The molecule has 1 heterocycles. The summed E-state index contributed by atoms with van der Waals surface area (Å²) in [7, 11) is 0. The van der Waals surface area contributed by atoms with Crippen LogP contribution in [0.15, 0.2) is 34.9 Å². The Morgan fingerprint density at radius 1 is 1.39 bits per heavy atom. The molecule has 6 heteroatoms. The molecule has 2 aromatic rings. The molecule has 0 atom stereocenters. The van der Waals surface area contributed by atoms with E-state index in [1.54, 1.807) is 18.2 Å². The second-order valence-corrected chi connectivity index (χ2v) is 4.73. The average molecular weight is 325 g/mol. The molecule has 0 fully saturated rings. The predicted octanol–water partition coefficient (Wildman–Crippen LogP) is 3.74. The number of rotatable bonds is 2. The normalized spacial score (nSPS) is 9.83. The Labute approximate surface area is 117 Å². The molecular weight excluding hydrogens is 318 g/mol. The maximum absolute atomic E-state index is 8.98. The lowest BCUT2D eigenvalue weighted by Gasteiger charge is -2.08. The summed E-state index contributed by atoms with van der Waals surface area (Å²) in [6.45, 7) is 0. The third-order valence-electron chi connectivity index (χ3n) is 2.09. The topological polar surface area (TPSA) is 71.9 Å². The van der Waals surface area contributed by atoms with Crippen molar-refractivity contribution in [2.24, 2.45) is 0 Å². The molecule has 0 saturated carbocycles. The van der Waals surface area contributed by atoms with Crippen LogP contribution in [0.3, 0.4) is 0 Å². The molecular formula is C12H7BrClN3O. The van der Waals surface area contributed by atoms with E-state index < -0.39 is 0 Å². The SMILES string of the molecule is N#Cc1cc(N)cnc1Oc1cc(Br)ccc1Cl. The largest absolute Gasteiger partial charge is 0.436 e. The maximum Gasteiger partial charge on any atom is 0.237 e. The van der Waals surface area contributed by atoms with Gasteiger partial charge in [-0.05, 0) is 24.3 Å². The molecule has 0 bridgehead atoms. The van der Waals surface area contributed by atoms with Crippen LogP contribution in [-0.2, 0) is 0 Å². The van der Waals surface area contributed by atoms with Gasteiger partial charge in [-0.2, -0.15) is 5.26 Å². The van der Waals surface area contributed by atoms with Gasteiger partial charge in [0.25, 0.3) is 0 Å². The number of nitrogens with two attached hydrogens (primary N) is 1. The fourth-order valence-electron chi connectivity index (χ4n) is 1.29. The average Bonchev–Trinajstić information content (AvgIpc) is 2.36. The lowest BCUT2D eigenvalue weighted by atomic mass is 10.3. The molecule has 2 N–H and O–H groups in total. The summed E-state index contributed by atoms with van der Waals surface area (Å²) >= 11 is 9.30. The van der Waals surface area contributed by atoms with Crippen LogP contribution in [0.25, 0.3) is 0 Å². The summed E-state index contributed by atoms with van der Waals surface area (Å²) < 4.78 is 6.33. The van der Waals surface area contributed by atoms with E-state index in [9.17, 15) is 0 Å². The molecule has 1 aromatic carbocycles. The Morgan fingerprint density at radius 2 is 2.17 bits per heavy atom. The highest BCUT2D eigenvalue weighted by Gasteiger charge is 2.10. The molecule has 1 aromatic heterocycles. The van der Waals surface area contributed by atoms with E-state index in [1.165, 1.54) is 12.3 Å². The van der Waals surface area contributed by atoms with Crippen LogP contribution in [0.4, 0.5) is 5.69 Å². The van der Waals surface area contributed by atoms with E-state index in [0.29, 0.717) is 16.5 Å². The van der Waals surface area contributed by atoms with Crippen molar-refractivity contribution in [2.45, 2.75) is 0 Å². The number of nitrogens with zero attached hydrogens (tertiary/aromatic N) is 2. The third-order valence-corrected chi connectivity index (χ3v) is 2.90. The van der Waals surface area contributed by atoms with Crippen LogP contribution in [0.1, 0.15) is 5.56 Å². The van der Waals surface area contributed by atoms with E-state index in [0.717, 1.165) is 4.47 Å². The first-order valence-corrected chi connectivity index (χ1v) is 6.06. The van der Waals surface area contributed by atoms with E-state index in [1.807, 2.05) is 6.07 Å². The first-order chi connectivity index (χ1) is 8.60. The molecule has 4 nitrogen and oxygen atoms in total. The van der Waals surface area contributed by atoms with Crippen molar-refractivity contribution in [3.05, 3.63) is 45.5 Å². The zero-order chi connectivity index (χ0) is 13.1. The number of hydrogen-bond donors (Lipinski definition) is 1. The van der Waals surface area contributed by atoms with Crippen LogP contribution < -0.4 is 10.5 Å². The van der Waals surface area contributed by atoms with Crippen molar-refractivity contribution in [3.8, 4) is 17.7 Å². The summed E-state index contributed by atoms with van der Waals surface area (Å²) in [6.07, 6.45) is 1.42. The van der Waals surface area contributed by atoms with E-state index in [-0.39, 0.29) is 11.4 Å². The van der Waals surface area contributed by atoms with Gasteiger partial charge in [-0.3, -0.25) is 0 Å². The second-order valence-electron chi connectivity index (χ2n) is 3.41. The molecule has 0 amide bonds. The van der Waals surface area contributed by atoms with E-state index in [4.69, 9.17) is 27.3 Å². The van der Waals surface area contributed by atoms with Crippen LogP contribution in [0.2, 0.25) is 5.02 Å². The van der Waals surface area contributed by atoms with Gasteiger partial charge in [-0.15, -0.1) is 0 Å². The zero-order valence-corrected chi connectivity index (χ0v) is 11.4. The molecule has 0 aliphatic rings. The number of pyridine rings is 1. The fraction of sp³-hybridized carbons (Fsp3) is 0. The van der Waals surface area contributed by atoms with Crippen molar-refractivity contribution in [1.29, 1.82) is 5.26 Å². The zero-order valence-electron chi connectivity index (χ0n) is 9.02. The summed E-state index contributed by atoms with van der Waals surface area (Å²) in [5.74, 6) is 0.589. The van der Waals surface area contributed by atoms with Gasteiger partial charge in [-0.25, -0.2) is 4.98 Å². The van der Waals surface area contributed by atoms with Crippen LogP contribution >= 0.6 is 27.5 Å². The molecule has 0 aliphatic heterocycles. The first-order valence-electron chi connectivity index (χ1n) is 4.88. The molecule has 18 heavy (non-hydrogen) atoms. The number of halogens is 2. The Kier molecular flexibility index (Phi) is 3.70. The van der Waals surface area contributed by atoms with Crippen molar-refractivity contribution in [1.82, 2.24) is 4.98 Å². The van der Waals surface area contributed by atoms with Crippen LogP contribution in [0.5, 0.6) is 11.6 Å². The number of nitrogen functional groups attached to an aromatic ring is 1. The van der Waals surface area contributed by atoms with Crippen molar-refractivity contribution in [2.75, 3.05) is 5.73 Å². The van der Waals surface area contributed by atoms with Gasteiger partial charge in [0.05, 0.1) is 16.9 Å². The summed E-state index contributed by atoms with van der Waals surface area (Å²) in [5.41, 5.74) is 6.21. The Hall–Kier alpha value is -1.77. The van der Waals surface area contributed by atoms with E-state index in [2.05, 4.69) is 20.9 Å². The van der Waals surface area contributed by atoms with Crippen molar-refractivity contribution >= 4 is 33.2 Å². The summed E-state index contributed by atoms with van der Waals surface area (Å²) in [4.78, 5) is 3.97. The summed E-state index contributed by atoms with van der Waals surface area (Å²) in [5, 5.41) is 9.41. The lowest BCUT2D eigenvalue weighted by molar-refractivity contribution is 0.461. The standard InChI is InChI=1S/C12H7BrClN3O/c13-8-1-2-10(14)11(4-8)18-12-7(5-15)3-9(16)6-17-12/h1-4,6H,16H2. The fourth-order valence-corrected chi connectivity index (χ4v) is 1.79. The summed E-state index contributed by atoms with van der Waals surface area (Å²) in [6, 6.07) is 8.63. The molecule has 0 spiro atoms. The monoisotopic (exact) mass is 323 g/mol. The smallest absolute Gasteiger partial charge is 0.237 e. The van der Waals surface area contributed by atoms with Gasteiger partial charge in [-0.1, -0.05) is 27.5 Å². The Bertz CT molecular complexity index is 640. The number of anilines is 1. The first kappa shape index (κ1) is 12.7. The van der Waals surface area contributed by atoms with Gasteiger partial charge >= 0.3 is 0 Å². The Morgan fingerprint density at radius 3 is 2.89 bits per heavy atom. The molecule has 0 aliphatic carbocycles. The quantitative estimate of drug-likeness (QED) is 0.913. The number of benzene rings is 1. The number of ether oxygens (including phenoxy) is 1. The predicted molar refractivity (Wildman–Crippen MR) is 72.6 cm³/mol. The highest BCUT2D eigenvalue weighted by Crippen LogP contribution is 2.32. The van der Waals surface area contributed by atoms with Gasteiger partial charge in [0.2, 0.25) is 5.88 Å². The highest BCUT2D eigenvalue weighted by atomic mass is 79.9. The molecule has 0 unspecified atom stereocenters. The van der Waals surface area contributed by atoms with Gasteiger partial charge < -0.3 is 10.5 Å². The minimum absolute atomic E-state index is 0.173. The number of hydrogen-bond acceptors (Lipinski definition) is 4. The maximum atomic E-state index is 8.98. The van der Waals surface area contributed by atoms with Gasteiger partial charge in [0.15, 0.2) is 0 Å². The van der Waals surface area contributed by atoms with Crippen molar-refractivity contribution < 1.29 is 4.74 Å². The molecule has 90 valence electrons. The lowest BCUT2D eigenvalue weighted by Crippen LogP contribution is -1.95. The van der Waals surface area contributed by atoms with Crippen LogP contribution in [-0.4, -0.2) is 4.98 Å². The van der Waals surface area contributed by atoms with Gasteiger partial charge in [0, 0.05) is 4.47 Å². The minimum Gasteiger partial charge on any atom is -0.436 e. The molecule has 0 saturated heterocycles. The van der Waals surface area contributed by atoms with E-state index >= 15 is 0 Å². The second kappa shape index (κ2) is 5.25. The van der Waals surface area contributed by atoms with Gasteiger partial charge in [0.1, 0.15) is 17.4 Å². The van der Waals surface area contributed by atoms with Crippen molar-refractivity contribution in [3.63, 3.8) is 0 Å². The number of nitriles is 1. The highest BCUT2D eigenvalue weighted by molar-refractivity contribution is 9.10.